The van der Waals surface area contributed by atoms with Crippen molar-refractivity contribution in [2.24, 2.45) is 5.41 Å². The molecule has 2 aromatic carbocycles. The Hall–Kier alpha value is -4.35. The van der Waals surface area contributed by atoms with Gasteiger partial charge in [0, 0.05) is 41.6 Å². The van der Waals surface area contributed by atoms with Crippen molar-refractivity contribution >= 4 is 27.5 Å². The third-order valence-electron chi connectivity index (χ3n) is 11.9. The first-order valence-corrected chi connectivity index (χ1v) is 18.9. The lowest BCUT2D eigenvalue weighted by Crippen LogP contribution is -2.57. The average molecular weight is 744 g/mol. The molecule has 0 radical (unpaired) electrons. The van der Waals surface area contributed by atoms with E-state index in [0.717, 1.165) is 58.1 Å². The maximum Gasteiger partial charge on any atom is 0.319 e. The van der Waals surface area contributed by atoms with Crippen LogP contribution in [0.4, 0.5) is 14.6 Å². The first-order chi connectivity index (χ1) is 26.0. The van der Waals surface area contributed by atoms with Gasteiger partial charge < -0.3 is 34.1 Å². The number of benzene rings is 2. The van der Waals surface area contributed by atoms with Crippen molar-refractivity contribution in [1.82, 2.24) is 19.9 Å². The minimum atomic E-state index is -1.24. The Morgan fingerprint density at radius 2 is 1.91 bits per heavy atom. The number of methoxy groups -OCH3 is 1. The first kappa shape index (κ1) is 36.6. The van der Waals surface area contributed by atoms with E-state index >= 15 is 8.78 Å². The number of β-amino-alcohol motifs (C(OH)–C–C–N with tert-alkyl or cyclic N) is 1. The van der Waals surface area contributed by atoms with Crippen molar-refractivity contribution in [3.8, 4) is 41.2 Å². The lowest BCUT2D eigenvalue weighted by Gasteiger charge is -2.50. The summed E-state index contributed by atoms with van der Waals surface area (Å²) in [5, 5.41) is 22.7. The summed E-state index contributed by atoms with van der Waals surface area (Å²) in [5.74, 6) is 0.937. The van der Waals surface area contributed by atoms with Gasteiger partial charge in [0.2, 0.25) is 5.88 Å². The number of pyridine rings is 1. The molecule has 5 atom stereocenters. The molecule has 2 N–H and O–H groups in total. The van der Waals surface area contributed by atoms with E-state index in [9.17, 15) is 10.2 Å². The molecule has 54 heavy (non-hydrogen) atoms. The zero-order valence-corrected chi connectivity index (χ0v) is 31.0. The molecule has 1 aliphatic carbocycles. The van der Waals surface area contributed by atoms with Crippen LogP contribution in [0, 0.1) is 29.4 Å². The van der Waals surface area contributed by atoms with E-state index in [1.807, 2.05) is 4.90 Å². The fourth-order valence-electron chi connectivity index (χ4n) is 9.52. The number of phenols is 1. The predicted octanol–water partition coefficient (Wildman–Crippen LogP) is 5.99. The summed E-state index contributed by atoms with van der Waals surface area (Å²) in [4.78, 5) is 18.7. The average Bonchev–Trinajstić information content (AvgIpc) is 3.50. The van der Waals surface area contributed by atoms with Crippen molar-refractivity contribution < 1.29 is 37.9 Å². The number of hydrogen-bond donors (Lipinski definition) is 2. The largest absolute Gasteiger partial charge is 0.508 e. The van der Waals surface area contributed by atoms with Crippen molar-refractivity contribution in [3.05, 3.63) is 41.5 Å². The van der Waals surface area contributed by atoms with E-state index in [1.54, 1.807) is 6.92 Å². The molecule has 0 amide bonds. The molecule has 2 aromatic heterocycles. The smallest absolute Gasteiger partial charge is 0.319 e. The third-order valence-corrected chi connectivity index (χ3v) is 11.9. The molecule has 1 saturated carbocycles. The summed E-state index contributed by atoms with van der Waals surface area (Å²) >= 11 is 0. The monoisotopic (exact) mass is 743 g/mol. The SMILES string of the molecule is C#Cc1c(F)ccc2cc(O)cc(-c3nc(OC)c4c(N5CCOC[C@@](C)(O)C5)nc(OC[C@]56CCC[C@H]5N(C5CCO[C@H](C)C5)CCC6)nc4c3F)c12. The van der Waals surface area contributed by atoms with Crippen LogP contribution in [0.3, 0.4) is 0 Å². The van der Waals surface area contributed by atoms with E-state index in [0.29, 0.717) is 30.6 Å². The van der Waals surface area contributed by atoms with Crippen molar-refractivity contribution in [1.29, 1.82) is 0 Å². The van der Waals surface area contributed by atoms with Crippen molar-refractivity contribution in [2.75, 3.05) is 58.1 Å². The highest BCUT2D eigenvalue weighted by Crippen LogP contribution is 2.50. The maximum absolute atomic E-state index is 17.3. The van der Waals surface area contributed by atoms with Crippen LogP contribution in [-0.2, 0) is 9.47 Å². The summed E-state index contributed by atoms with van der Waals surface area (Å²) < 4.78 is 56.4. The van der Waals surface area contributed by atoms with Crippen LogP contribution < -0.4 is 14.4 Å². The van der Waals surface area contributed by atoms with Gasteiger partial charge in [0.05, 0.1) is 45.1 Å². The van der Waals surface area contributed by atoms with Gasteiger partial charge in [-0.3, -0.25) is 4.90 Å². The molecule has 1 unspecified atom stereocenters. The number of nitrogens with zero attached hydrogens (tertiary/aromatic N) is 5. The molecule has 4 aliphatic rings. The Morgan fingerprint density at radius 3 is 2.70 bits per heavy atom. The fraction of sp³-hybridized carbons (Fsp3) is 0.537. The second-order valence-corrected chi connectivity index (χ2v) is 15.7. The van der Waals surface area contributed by atoms with E-state index < -0.39 is 17.2 Å². The number of terminal acetylenes is 1. The number of fused-ring (bicyclic) bond motifs is 3. The van der Waals surface area contributed by atoms with Crippen LogP contribution in [0.15, 0.2) is 24.3 Å². The van der Waals surface area contributed by atoms with Crippen LogP contribution in [0.2, 0.25) is 0 Å². The first-order valence-electron chi connectivity index (χ1n) is 18.9. The van der Waals surface area contributed by atoms with Gasteiger partial charge in [0.1, 0.15) is 39.6 Å². The molecular formula is C41H47F2N5O6. The molecule has 286 valence electrons. The molecule has 0 bridgehead atoms. The standard InChI is InChI=1S/C41H47F2N5O6/c1-5-28-30(42)10-9-25-19-27(49)20-29(32(25)28)35-34(43)36-33(38(44-35)51-4)37(47-15-17-52-22-40(3,50)21-47)46-39(45-36)54-23-41-12-6-8-31(41)48(14-7-13-41)26-11-16-53-24(2)18-26/h1,9-10,19-20,24,26,31,49-50H,6-8,11-18,21-23H2,2-4H3/t24-,26?,31-,40+,41-/m1/s1. The van der Waals surface area contributed by atoms with Gasteiger partial charge in [-0.1, -0.05) is 18.4 Å². The zero-order valence-electron chi connectivity index (χ0n) is 31.0. The molecule has 4 aromatic rings. The van der Waals surface area contributed by atoms with Gasteiger partial charge in [-0.2, -0.15) is 9.97 Å². The molecule has 3 saturated heterocycles. The van der Waals surface area contributed by atoms with E-state index in [-0.39, 0.29) is 87.8 Å². The number of piperidine rings is 1. The van der Waals surface area contributed by atoms with Crippen molar-refractivity contribution in [2.45, 2.75) is 82.6 Å². The minimum Gasteiger partial charge on any atom is -0.508 e. The van der Waals surface area contributed by atoms with Crippen LogP contribution in [-0.4, -0.2) is 107 Å². The van der Waals surface area contributed by atoms with E-state index in [1.165, 1.54) is 31.4 Å². The Kier molecular flexibility index (Phi) is 9.75. The van der Waals surface area contributed by atoms with Crippen molar-refractivity contribution in [3.63, 3.8) is 0 Å². The number of likely N-dealkylation sites (tertiary alicyclic amines) is 1. The van der Waals surface area contributed by atoms with Gasteiger partial charge >= 0.3 is 6.01 Å². The number of aliphatic hydroxyl groups is 1. The lowest BCUT2D eigenvalue weighted by molar-refractivity contribution is -0.0701. The Balaban J connectivity index is 1.26. The van der Waals surface area contributed by atoms with Crippen LogP contribution in [0.5, 0.6) is 17.6 Å². The predicted molar refractivity (Wildman–Crippen MR) is 200 cm³/mol. The van der Waals surface area contributed by atoms with Gasteiger partial charge in [-0.15, -0.1) is 6.42 Å². The van der Waals surface area contributed by atoms with Gasteiger partial charge in [0.25, 0.3) is 0 Å². The van der Waals surface area contributed by atoms with Gasteiger partial charge in [0.15, 0.2) is 5.82 Å². The maximum atomic E-state index is 17.3. The number of phenolic OH excluding ortho intramolecular Hbond substituents is 1. The summed E-state index contributed by atoms with van der Waals surface area (Å²) in [5.41, 5.74) is -1.77. The Labute approximate surface area is 313 Å². The number of hydrogen-bond acceptors (Lipinski definition) is 11. The number of aromatic hydroxyl groups is 1. The number of anilines is 1. The second-order valence-electron chi connectivity index (χ2n) is 15.7. The normalized spacial score (nSPS) is 27.8. The highest BCUT2D eigenvalue weighted by molar-refractivity contribution is 6.04. The fourth-order valence-corrected chi connectivity index (χ4v) is 9.52. The summed E-state index contributed by atoms with van der Waals surface area (Å²) in [6.45, 7) is 6.84. The molecule has 5 heterocycles. The molecule has 0 spiro atoms. The van der Waals surface area contributed by atoms with Gasteiger partial charge in [-0.05, 0) is 82.5 Å². The molecular weight excluding hydrogens is 696 g/mol. The number of aromatic nitrogens is 3. The molecule has 3 aliphatic heterocycles. The van der Waals surface area contributed by atoms with Gasteiger partial charge in [-0.25, -0.2) is 13.8 Å². The lowest BCUT2D eigenvalue weighted by atomic mass is 9.74. The van der Waals surface area contributed by atoms with E-state index in [4.69, 9.17) is 35.3 Å². The number of rotatable bonds is 7. The second kappa shape index (κ2) is 14.4. The van der Waals surface area contributed by atoms with Crippen LogP contribution >= 0.6 is 0 Å². The third kappa shape index (κ3) is 6.57. The highest BCUT2D eigenvalue weighted by atomic mass is 19.1. The molecule has 13 heteroatoms. The molecule has 4 fully saturated rings. The minimum absolute atomic E-state index is 0.00836. The topological polar surface area (TPSA) is 123 Å². The number of ether oxygens (including phenoxy) is 4. The molecule has 11 nitrogen and oxygen atoms in total. The molecule has 8 rings (SSSR count). The number of halogens is 2. The summed E-state index contributed by atoms with van der Waals surface area (Å²) in [7, 11) is 1.40. The van der Waals surface area contributed by atoms with Crippen LogP contribution in [0.1, 0.15) is 64.4 Å². The van der Waals surface area contributed by atoms with E-state index in [2.05, 4.69) is 22.7 Å². The van der Waals surface area contributed by atoms with Crippen LogP contribution in [0.25, 0.3) is 32.9 Å². The zero-order chi connectivity index (χ0) is 37.8. The summed E-state index contributed by atoms with van der Waals surface area (Å²) in [6, 6.07) is 6.19. The summed E-state index contributed by atoms with van der Waals surface area (Å²) in [6.07, 6.45) is 13.3. The Bertz CT molecular complexity index is 2130. The Morgan fingerprint density at radius 1 is 1.07 bits per heavy atom. The quantitative estimate of drug-likeness (QED) is 0.217. The highest BCUT2D eigenvalue weighted by Gasteiger charge is 2.50.